The summed E-state index contributed by atoms with van der Waals surface area (Å²) in [6.07, 6.45) is 2.26. The molecule has 3 rings (SSSR count). The van der Waals surface area contributed by atoms with Crippen molar-refractivity contribution in [3.8, 4) is 0 Å². The number of rotatable bonds is 8. The summed E-state index contributed by atoms with van der Waals surface area (Å²) in [6, 6.07) is 6.91. The largest absolute Gasteiger partial charge is 0.461 e. The molecule has 1 aliphatic rings. The number of aromatic nitrogens is 2. The van der Waals surface area contributed by atoms with Gasteiger partial charge in [0.1, 0.15) is 11.5 Å². The molecule has 0 unspecified atom stereocenters. The summed E-state index contributed by atoms with van der Waals surface area (Å²) < 4.78 is 19.1. The van der Waals surface area contributed by atoms with E-state index in [1.807, 2.05) is 6.07 Å². The van der Waals surface area contributed by atoms with E-state index in [1.165, 1.54) is 6.07 Å². The highest BCUT2D eigenvalue weighted by atomic mass is 19.1. The van der Waals surface area contributed by atoms with Gasteiger partial charge in [0.2, 0.25) is 0 Å². The predicted molar refractivity (Wildman–Crippen MR) is 102 cm³/mol. The fourth-order valence-corrected chi connectivity index (χ4v) is 3.63. The molecule has 0 saturated carbocycles. The number of hydrogen-bond acceptors (Lipinski definition) is 6. The first-order chi connectivity index (χ1) is 13.6. The smallest absolute Gasteiger partial charge is 0.356 e. The maximum Gasteiger partial charge on any atom is 0.356 e. The Balaban J connectivity index is 1.65. The fraction of sp³-hybridized carbons (Fsp3) is 0.500. The second kappa shape index (κ2) is 9.77. The minimum absolute atomic E-state index is 0.0755. The molecule has 2 N–H and O–H groups in total. The zero-order valence-electron chi connectivity index (χ0n) is 16.1. The molecule has 2 aromatic rings. The number of nitrogens with zero attached hydrogens (tertiary/aromatic N) is 3. The Morgan fingerprint density at radius 1 is 1.32 bits per heavy atom. The Kier molecular flexibility index (Phi) is 7.13. The van der Waals surface area contributed by atoms with Crippen molar-refractivity contribution in [2.24, 2.45) is 0 Å². The van der Waals surface area contributed by atoms with E-state index < -0.39 is 5.97 Å². The van der Waals surface area contributed by atoms with Gasteiger partial charge >= 0.3 is 5.97 Å². The lowest BCUT2D eigenvalue weighted by Crippen LogP contribution is -2.52. The Hall–Kier alpha value is -2.29. The van der Waals surface area contributed by atoms with Crippen molar-refractivity contribution in [3.63, 3.8) is 0 Å². The molecule has 1 aromatic carbocycles. The van der Waals surface area contributed by atoms with Crippen molar-refractivity contribution >= 4 is 5.97 Å². The van der Waals surface area contributed by atoms with Crippen molar-refractivity contribution in [1.29, 1.82) is 0 Å². The highest BCUT2D eigenvalue weighted by molar-refractivity contribution is 5.88. The second-order valence-electron chi connectivity index (χ2n) is 6.95. The number of nitrogens with one attached hydrogen (secondary N) is 1. The molecule has 1 aliphatic heterocycles. The van der Waals surface area contributed by atoms with Crippen molar-refractivity contribution in [2.75, 3.05) is 32.8 Å². The molecule has 28 heavy (non-hydrogen) atoms. The van der Waals surface area contributed by atoms with Gasteiger partial charge in [-0.25, -0.2) is 9.18 Å². The Morgan fingerprint density at radius 2 is 2.14 bits per heavy atom. The number of H-pyrrole nitrogens is 1. The van der Waals surface area contributed by atoms with Crippen molar-refractivity contribution < 1.29 is 19.0 Å². The second-order valence-corrected chi connectivity index (χ2v) is 6.95. The zero-order chi connectivity index (χ0) is 19.9. The lowest BCUT2D eigenvalue weighted by atomic mass is 10.1. The van der Waals surface area contributed by atoms with Gasteiger partial charge in [-0.05, 0) is 19.4 Å². The van der Waals surface area contributed by atoms with Crippen LogP contribution in [0.25, 0.3) is 0 Å². The van der Waals surface area contributed by atoms with Crippen LogP contribution in [0.5, 0.6) is 0 Å². The van der Waals surface area contributed by atoms with Crippen LogP contribution in [0, 0.1) is 5.82 Å². The molecule has 7 nitrogen and oxygen atoms in total. The monoisotopic (exact) mass is 390 g/mol. The summed E-state index contributed by atoms with van der Waals surface area (Å²) in [6.45, 7) is 5.50. The average Bonchev–Trinajstić information content (AvgIpc) is 3.14. The third kappa shape index (κ3) is 4.95. The number of carbonyl (C=O) groups excluding carboxylic acids is 1. The van der Waals surface area contributed by atoms with Gasteiger partial charge in [-0.1, -0.05) is 18.2 Å². The first-order valence-electron chi connectivity index (χ1n) is 9.62. The summed E-state index contributed by atoms with van der Waals surface area (Å²) in [5.74, 6) is -0.606. The summed E-state index contributed by atoms with van der Waals surface area (Å²) >= 11 is 0. The van der Waals surface area contributed by atoms with E-state index in [0.717, 1.165) is 25.2 Å². The fourth-order valence-electron chi connectivity index (χ4n) is 3.63. The van der Waals surface area contributed by atoms with Gasteiger partial charge in [0, 0.05) is 56.5 Å². The number of esters is 1. The summed E-state index contributed by atoms with van der Waals surface area (Å²) in [4.78, 5) is 16.5. The molecule has 2 heterocycles. The molecule has 1 aromatic heterocycles. The SMILES string of the molecule is CCOC(=O)c1[nH]ncc1CN1CCN(Cc2ccccc2F)[C@H](CCO)C1. The van der Waals surface area contributed by atoms with Crippen LogP contribution in [-0.4, -0.2) is 70.0 Å². The molecular weight excluding hydrogens is 363 g/mol. The van der Waals surface area contributed by atoms with Gasteiger partial charge in [0.25, 0.3) is 0 Å². The summed E-state index contributed by atoms with van der Waals surface area (Å²) in [7, 11) is 0. The molecule has 0 bridgehead atoms. The van der Waals surface area contributed by atoms with Crippen molar-refractivity contribution in [2.45, 2.75) is 32.5 Å². The van der Waals surface area contributed by atoms with Crippen LogP contribution in [0.3, 0.4) is 0 Å². The molecule has 0 aliphatic carbocycles. The van der Waals surface area contributed by atoms with Crippen LogP contribution in [-0.2, 0) is 17.8 Å². The van der Waals surface area contributed by atoms with Gasteiger partial charge in [-0.2, -0.15) is 5.10 Å². The molecule has 0 spiro atoms. The number of halogens is 1. The maximum absolute atomic E-state index is 14.0. The van der Waals surface area contributed by atoms with E-state index in [9.17, 15) is 14.3 Å². The number of hydrogen-bond donors (Lipinski definition) is 2. The molecule has 0 radical (unpaired) electrons. The van der Waals surface area contributed by atoms with E-state index in [2.05, 4.69) is 20.0 Å². The van der Waals surface area contributed by atoms with Gasteiger partial charge in [0.15, 0.2) is 0 Å². The Morgan fingerprint density at radius 3 is 2.89 bits per heavy atom. The van der Waals surface area contributed by atoms with Crippen LogP contribution < -0.4 is 0 Å². The third-order valence-electron chi connectivity index (χ3n) is 5.07. The number of piperazine rings is 1. The highest BCUT2D eigenvalue weighted by Crippen LogP contribution is 2.20. The maximum atomic E-state index is 14.0. The van der Waals surface area contributed by atoms with Crippen LogP contribution in [0.4, 0.5) is 4.39 Å². The molecule has 8 heteroatoms. The van der Waals surface area contributed by atoms with Gasteiger partial charge in [0.05, 0.1) is 12.8 Å². The summed E-state index contributed by atoms with van der Waals surface area (Å²) in [5.41, 5.74) is 1.84. The number of benzene rings is 1. The van der Waals surface area contributed by atoms with E-state index >= 15 is 0 Å². The molecule has 1 saturated heterocycles. The lowest BCUT2D eigenvalue weighted by molar-refractivity contribution is 0.0470. The average molecular weight is 390 g/mol. The van der Waals surface area contributed by atoms with E-state index in [1.54, 1.807) is 25.3 Å². The molecular formula is C20H27FN4O3. The van der Waals surface area contributed by atoms with Crippen molar-refractivity contribution in [3.05, 3.63) is 53.1 Å². The normalized spacial score (nSPS) is 18.3. The van der Waals surface area contributed by atoms with E-state index in [-0.39, 0.29) is 18.5 Å². The lowest BCUT2D eigenvalue weighted by Gasteiger charge is -2.41. The van der Waals surface area contributed by atoms with Crippen LogP contribution in [0.15, 0.2) is 30.5 Å². The molecule has 152 valence electrons. The van der Waals surface area contributed by atoms with Crippen molar-refractivity contribution in [1.82, 2.24) is 20.0 Å². The van der Waals surface area contributed by atoms with Gasteiger partial charge < -0.3 is 9.84 Å². The quantitative estimate of drug-likeness (QED) is 0.669. The number of aliphatic hydroxyl groups excluding tert-OH is 1. The minimum atomic E-state index is -0.403. The molecule has 0 amide bonds. The van der Waals surface area contributed by atoms with Crippen LogP contribution >= 0.6 is 0 Å². The number of aromatic amines is 1. The topological polar surface area (TPSA) is 81.7 Å². The Bertz CT molecular complexity index is 782. The van der Waals surface area contributed by atoms with Gasteiger partial charge in [-0.15, -0.1) is 0 Å². The van der Waals surface area contributed by atoms with Gasteiger partial charge in [-0.3, -0.25) is 14.9 Å². The molecule has 1 fully saturated rings. The third-order valence-corrected chi connectivity index (χ3v) is 5.07. The predicted octanol–water partition coefficient (Wildman–Crippen LogP) is 1.79. The Labute approximate surface area is 164 Å². The van der Waals surface area contributed by atoms with Crippen LogP contribution in [0.1, 0.15) is 35.0 Å². The minimum Gasteiger partial charge on any atom is -0.461 e. The number of ether oxygens (including phenoxy) is 1. The standard InChI is InChI=1S/C20H27FN4O3/c1-2-28-20(27)19-16(11-22-23-19)12-24-8-9-25(17(14-24)7-10-26)13-15-5-3-4-6-18(15)21/h3-6,11,17,26H,2,7-10,12-14H2,1H3,(H,22,23)/t17-/m1/s1. The first kappa shape index (κ1) is 20.4. The van der Waals surface area contributed by atoms with E-state index in [4.69, 9.17) is 4.74 Å². The number of aliphatic hydroxyl groups is 1. The van der Waals surface area contributed by atoms with Crippen LogP contribution in [0.2, 0.25) is 0 Å². The summed E-state index contributed by atoms with van der Waals surface area (Å²) in [5, 5.41) is 16.2. The first-order valence-corrected chi connectivity index (χ1v) is 9.62. The van der Waals surface area contributed by atoms with E-state index in [0.29, 0.717) is 37.4 Å². The zero-order valence-corrected chi connectivity index (χ0v) is 16.1. The highest BCUT2D eigenvalue weighted by Gasteiger charge is 2.28. The number of carbonyl (C=O) groups is 1. The molecule has 1 atom stereocenters.